The quantitative estimate of drug-likeness (QED) is 0.848. The van der Waals surface area contributed by atoms with Crippen molar-refractivity contribution in [3.05, 3.63) is 35.7 Å². The number of hydrogen-bond acceptors (Lipinski definition) is 5. The highest BCUT2D eigenvalue weighted by atomic mass is 19.2. The molecule has 0 bridgehead atoms. The molecule has 0 unspecified atom stereocenters. The monoisotopic (exact) mass is 309 g/mol. The molecule has 0 aliphatic carbocycles. The van der Waals surface area contributed by atoms with E-state index in [1.807, 2.05) is 0 Å². The molecule has 3 rings (SSSR count). The summed E-state index contributed by atoms with van der Waals surface area (Å²) < 4.78 is 36.6. The molecular weight excluding hydrogens is 292 g/mol. The van der Waals surface area contributed by atoms with Gasteiger partial charge in [-0.15, -0.1) is 0 Å². The van der Waals surface area contributed by atoms with Crippen LogP contribution in [0.5, 0.6) is 0 Å². The Hall–Kier alpha value is -1.86. The lowest BCUT2D eigenvalue weighted by atomic mass is 10.2. The second-order valence-electron chi connectivity index (χ2n) is 5.20. The van der Waals surface area contributed by atoms with Gasteiger partial charge in [-0.2, -0.15) is 4.98 Å². The Kier molecular flexibility index (Phi) is 4.74. The molecule has 118 valence electrons. The van der Waals surface area contributed by atoms with Crippen LogP contribution in [0.2, 0.25) is 0 Å². The van der Waals surface area contributed by atoms with E-state index in [0.717, 1.165) is 51.4 Å². The van der Waals surface area contributed by atoms with Crippen LogP contribution in [0.4, 0.5) is 8.78 Å². The summed E-state index contributed by atoms with van der Waals surface area (Å²) in [5, 5.41) is 3.81. The van der Waals surface area contributed by atoms with Crippen LogP contribution in [0.1, 0.15) is 12.3 Å². The smallest absolute Gasteiger partial charge is 0.227 e. The van der Waals surface area contributed by atoms with Crippen LogP contribution in [-0.2, 0) is 11.2 Å². The van der Waals surface area contributed by atoms with Crippen LogP contribution in [0.3, 0.4) is 0 Å². The molecule has 0 saturated carbocycles. The SMILES string of the molecule is Fc1ccc(-c2noc(CCCN3CCOCC3)n2)cc1F. The van der Waals surface area contributed by atoms with Gasteiger partial charge in [-0.25, -0.2) is 8.78 Å². The van der Waals surface area contributed by atoms with Crippen LogP contribution in [0.15, 0.2) is 22.7 Å². The van der Waals surface area contributed by atoms with Crippen LogP contribution >= 0.6 is 0 Å². The first kappa shape index (κ1) is 15.1. The molecule has 1 fully saturated rings. The Morgan fingerprint density at radius 3 is 2.73 bits per heavy atom. The van der Waals surface area contributed by atoms with Crippen molar-refractivity contribution in [2.75, 3.05) is 32.8 Å². The number of benzene rings is 1. The third-order valence-electron chi connectivity index (χ3n) is 3.61. The van der Waals surface area contributed by atoms with Gasteiger partial charge in [-0.3, -0.25) is 4.90 Å². The maximum absolute atomic E-state index is 13.2. The molecule has 2 heterocycles. The van der Waals surface area contributed by atoms with Crippen LogP contribution in [0, 0.1) is 11.6 Å². The van der Waals surface area contributed by atoms with Gasteiger partial charge in [0, 0.05) is 25.1 Å². The molecule has 0 radical (unpaired) electrons. The fourth-order valence-electron chi connectivity index (χ4n) is 2.39. The number of ether oxygens (including phenoxy) is 1. The van der Waals surface area contributed by atoms with Crippen LogP contribution in [0.25, 0.3) is 11.4 Å². The highest BCUT2D eigenvalue weighted by molar-refractivity contribution is 5.54. The maximum atomic E-state index is 13.2. The largest absolute Gasteiger partial charge is 0.379 e. The molecular formula is C15H17F2N3O2. The summed E-state index contributed by atoms with van der Waals surface area (Å²) in [4.78, 5) is 6.55. The minimum absolute atomic E-state index is 0.278. The Bertz CT molecular complexity index is 627. The normalized spacial score (nSPS) is 16.1. The Labute approximate surface area is 126 Å². The molecule has 2 aromatic rings. The zero-order valence-electron chi connectivity index (χ0n) is 12.1. The molecule has 0 atom stereocenters. The van der Waals surface area contributed by atoms with Crippen molar-refractivity contribution in [1.29, 1.82) is 0 Å². The van der Waals surface area contributed by atoms with Gasteiger partial charge in [0.2, 0.25) is 11.7 Å². The van der Waals surface area contributed by atoms with Crippen LogP contribution < -0.4 is 0 Å². The predicted octanol–water partition coefficient (Wildman–Crippen LogP) is 2.28. The van der Waals surface area contributed by atoms with Crippen LogP contribution in [-0.4, -0.2) is 47.9 Å². The van der Waals surface area contributed by atoms with Crippen molar-refractivity contribution in [3.63, 3.8) is 0 Å². The summed E-state index contributed by atoms with van der Waals surface area (Å²) in [6, 6.07) is 3.55. The molecule has 1 aliphatic rings. The van der Waals surface area contributed by atoms with E-state index in [1.54, 1.807) is 0 Å². The zero-order chi connectivity index (χ0) is 15.4. The van der Waals surface area contributed by atoms with Crippen molar-refractivity contribution >= 4 is 0 Å². The van der Waals surface area contributed by atoms with E-state index in [0.29, 0.717) is 17.9 Å². The van der Waals surface area contributed by atoms with E-state index in [1.165, 1.54) is 6.07 Å². The zero-order valence-corrected chi connectivity index (χ0v) is 12.1. The van der Waals surface area contributed by atoms with Crippen molar-refractivity contribution in [3.8, 4) is 11.4 Å². The number of aryl methyl sites for hydroxylation is 1. The summed E-state index contributed by atoms with van der Waals surface area (Å²) in [6.45, 7) is 4.40. The minimum atomic E-state index is -0.920. The molecule has 1 aromatic heterocycles. The summed E-state index contributed by atoms with van der Waals surface area (Å²) in [5.41, 5.74) is 0.405. The first-order valence-electron chi connectivity index (χ1n) is 7.30. The lowest BCUT2D eigenvalue weighted by Gasteiger charge is -2.26. The molecule has 1 aliphatic heterocycles. The van der Waals surface area contributed by atoms with E-state index in [2.05, 4.69) is 15.0 Å². The van der Waals surface area contributed by atoms with Gasteiger partial charge >= 0.3 is 0 Å². The molecule has 0 spiro atoms. The van der Waals surface area contributed by atoms with Crippen molar-refractivity contribution < 1.29 is 18.0 Å². The Balaban J connectivity index is 1.55. The third-order valence-corrected chi connectivity index (χ3v) is 3.61. The molecule has 22 heavy (non-hydrogen) atoms. The predicted molar refractivity (Wildman–Crippen MR) is 75.2 cm³/mol. The van der Waals surface area contributed by atoms with Crippen molar-refractivity contribution in [1.82, 2.24) is 15.0 Å². The summed E-state index contributed by atoms with van der Waals surface area (Å²) in [7, 11) is 0. The molecule has 7 heteroatoms. The van der Waals surface area contributed by atoms with Gasteiger partial charge in [-0.1, -0.05) is 5.16 Å². The average molecular weight is 309 g/mol. The Morgan fingerprint density at radius 2 is 1.95 bits per heavy atom. The Morgan fingerprint density at radius 1 is 1.14 bits per heavy atom. The van der Waals surface area contributed by atoms with E-state index < -0.39 is 11.6 Å². The summed E-state index contributed by atoms with van der Waals surface area (Å²) in [5.74, 6) is -1.03. The van der Waals surface area contributed by atoms with Gasteiger partial charge in [0.25, 0.3) is 0 Å². The van der Waals surface area contributed by atoms with Gasteiger partial charge in [0.05, 0.1) is 13.2 Å². The lowest BCUT2D eigenvalue weighted by Crippen LogP contribution is -2.36. The second-order valence-corrected chi connectivity index (χ2v) is 5.20. The maximum Gasteiger partial charge on any atom is 0.227 e. The first-order valence-corrected chi connectivity index (χ1v) is 7.30. The minimum Gasteiger partial charge on any atom is -0.379 e. The molecule has 0 amide bonds. The van der Waals surface area contributed by atoms with Gasteiger partial charge in [0.15, 0.2) is 11.6 Å². The summed E-state index contributed by atoms with van der Waals surface area (Å²) in [6.07, 6.45) is 1.56. The summed E-state index contributed by atoms with van der Waals surface area (Å²) >= 11 is 0. The lowest BCUT2D eigenvalue weighted by molar-refractivity contribution is 0.0372. The number of rotatable bonds is 5. The number of hydrogen-bond donors (Lipinski definition) is 0. The highest BCUT2D eigenvalue weighted by Crippen LogP contribution is 2.19. The number of morpholine rings is 1. The van der Waals surface area contributed by atoms with E-state index in [4.69, 9.17) is 9.26 Å². The fraction of sp³-hybridized carbons (Fsp3) is 0.467. The van der Waals surface area contributed by atoms with Crippen molar-refractivity contribution in [2.45, 2.75) is 12.8 Å². The van der Waals surface area contributed by atoms with Gasteiger partial charge in [-0.05, 0) is 31.2 Å². The third kappa shape index (κ3) is 3.66. The van der Waals surface area contributed by atoms with Gasteiger partial charge < -0.3 is 9.26 Å². The topological polar surface area (TPSA) is 51.4 Å². The van der Waals surface area contributed by atoms with E-state index >= 15 is 0 Å². The fourth-order valence-corrected chi connectivity index (χ4v) is 2.39. The van der Waals surface area contributed by atoms with E-state index in [9.17, 15) is 8.78 Å². The second kappa shape index (κ2) is 6.93. The highest BCUT2D eigenvalue weighted by Gasteiger charge is 2.13. The molecule has 1 aromatic carbocycles. The first-order chi connectivity index (χ1) is 10.7. The number of nitrogens with zero attached hydrogens (tertiary/aromatic N) is 3. The van der Waals surface area contributed by atoms with Gasteiger partial charge in [0.1, 0.15) is 0 Å². The molecule has 0 N–H and O–H groups in total. The number of aromatic nitrogens is 2. The average Bonchev–Trinajstić information content (AvgIpc) is 3.00. The standard InChI is InChI=1S/C15H17F2N3O2/c16-12-4-3-11(10-13(12)17)15-18-14(22-19-15)2-1-5-20-6-8-21-9-7-20/h3-4,10H,1-2,5-9H2. The number of halogens is 2. The van der Waals surface area contributed by atoms with Crippen molar-refractivity contribution in [2.24, 2.45) is 0 Å². The van der Waals surface area contributed by atoms with E-state index in [-0.39, 0.29) is 5.82 Å². The molecule has 1 saturated heterocycles. The molecule has 5 nitrogen and oxygen atoms in total.